The van der Waals surface area contributed by atoms with Gasteiger partial charge in [0.05, 0.1) is 11.4 Å². The van der Waals surface area contributed by atoms with E-state index in [1.165, 1.54) is 11.3 Å². The predicted octanol–water partition coefficient (Wildman–Crippen LogP) is 2.63. The van der Waals surface area contributed by atoms with Gasteiger partial charge in [0.2, 0.25) is 0 Å². The summed E-state index contributed by atoms with van der Waals surface area (Å²) in [4.78, 5) is 13.8. The van der Waals surface area contributed by atoms with Crippen LogP contribution in [0, 0.1) is 6.92 Å². The van der Waals surface area contributed by atoms with Crippen LogP contribution in [0.25, 0.3) is 0 Å². The number of ether oxygens (including phenoxy) is 2. The summed E-state index contributed by atoms with van der Waals surface area (Å²) in [5, 5.41) is 2.88. The molecule has 1 aromatic heterocycles. The summed E-state index contributed by atoms with van der Waals surface area (Å²) < 4.78 is 11.4. The molecule has 0 saturated carbocycles. The smallest absolute Gasteiger partial charge is 0.261 e. The fourth-order valence-corrected chi connectivity index (χ4v) is 2.80. The van der Waals surface area contributed by atoms with Gasteiger partial charge in [0.1, 0.15) is 12.7 Å². The van der Waals surface area contributed by atoms with E-state index in [-0.39, 0.29) is 12.0 Å². The Morgan fingerprint density at radius 1 is 1.30 bits per heavy atom. The molecule has 0 bridgehead atoms. The Balaban J connectivity index is 1.56. The van der Waals surface area contributed by atoms with Gasteiger partial charge in [-0.3, -0.25) is 4.79 Å². The molecule has 104 valence electrons. The van der Waals surface area contributed by atoms with Gasteiger partial charge in [0.15, 0.2) is 11.5 Å². The van der Waals surface area contributed by atoms with E-state index >= 15 is 0 Å². The maximum Gasteiger partial charge on any atom is 0.261 e. The molecule has 1 aliphatic rings. The average molecular weight is 289 g/mol. The number of hydrogen-bond donors (Lipinski definition) is 1. The van der Waals surface area contributed by atoms with Crippen molar-refractivity contribution in [1.82, 2.24) is 5.32 Å². The third-order valence-electron chi connectivity index (χ3n) is 3.02. The van der Waals surface area contributed by atoms with Crippen molar-refractivity contribution in [3.8, 4) is 11.5 Å². The summed E-state index contributed by atoms with van der Waals surface area (Å²) in [6, 6.07) is 11.3. The average Bonchev–Trinajstić information content (AvgIpc) is 2.91. The van der Waals surface area contributed by atoms with E-state index in [1.807, 2.05) is 43.3 Å². The molecule has 4 nitrogen and oxygen atoms in total. The molecule has 5 heteroatoms. The highest BCUT2D eigenvalue weighted by Crippen LogP contribution is 2.30. The van der Waals surface area contributed by atoms with Crippen LogP contribution in [0.3, 0.4) is 0 Å². The Bertz CT molecular complexity index is 623. The number of benzene rings is 1. The van der Waals surface area contributed by atoms with Crippen molar-refractivity contribution in [2.75, 3.05) is 13.2 Å². The maximum absolute atomic E-state index is 11.9. The second kappa shape index (κ2) is 5.54. The fraction of sp³-hybridized carbons (Fsp3) is 0.267. The summed E-state index contributed by atoms with van der Waals surface area (Å²) in [5.41, 5.74) is 0. The molecule has 1 amide bonds. The predicted molar refractivity (Wildman–Crippen MR) is 77.7 cm³/mol. The number of carbonyl (C=O) groups is 1. The van der Waals surface area contributed by atoms with Gasteiger partial charge in [-0.25, -0.2) is 0 Å². The second-order valence-corrected chi connectivity index (χ2v) is 5.91. The fourth-order valence-electron chi connectivity index (χ4n) is 2.01. The van der Waals surface area contributed by atoms with E-state index in [1.54, 1.807) is 0 Å². The first-order chi connectivity index (χ1) is 9.72. The monoisotopic (exact) mass is 289 g/mol. The first-order valence-corrected chi connectivity index (χ1v) is 7.27. The summed E-state index contributed by atoms with van der Waals surface area (Å²) >= 11 is 1.49. The van der Waals surface area contributed by atoms with Gasteiger partial charge < -0.3 is 14.8 Å². The van der Waals surface area contributed by atoms with E-state index in [2.05, 4.69) is 5.32 Å². The minimum atomic E-state index is -0.157. The largest absolute Gasteiger partial charge is 0.486 e. The number of amides is 1. The molecule has 1 atom stereocenters. The zero-order chi connectivity index (χ0) is 13.9. The minimum absolute atomic E-state index is 0.0643. The molecule has 0 aliphatic carbocycles. The van der Waals surface area contributed by atoms with Crippen molar-refractivity contribution >= 4 is 17.2 Å². The van der Waals surface area contributed by atoms with Crippen molar-refractivity contribution in [1.29, 1.82) is 0 Å². The number of thiophene rings is 1. The first-order valence-electron chi connectivity index (χ1n) is 6.45. The summed E-state index contributed by atoms with van der Waals surface area (Å²) in [6.45, 7) is 2.86. The zero-order valence-corrected chi connectivity index (χ0v) is 11.9. The van der Waals surface area contributed by atoms with Crippen LogP contribution in [0.5, 0.6) is 11.5 Å². The molecule has 1 aromatic carbocycles. The number of fused-ring (bicyclic) bond motifs is 1. The van der Waals surface area contributed by atoms with Crippen molar-refractivity contribution in [3.05, 3.63) is 46.2 Å². The number of carbonyl (C=O) groups excluding carboxylic acids is 1. The highest BCUT2D eigenvalue weighted by molar-refractivity contribution is 7.13. The quantitative estimate of drug-likeness (QED) is 0.945. The molecular weight excluding hydrogens is 274 g/mol. The summed E-state index contributed by atoms with van der Waals surface area (Å²) in [7, 11) is 0. The first kappa shape index (κ1) is 13.0. The maximum atomic E-state index is 11.9. The van der Waals surface area contributed by atoms with E-state index in [4.69, 9.17) is 9.47 Å². The Morgan fingerprint density at radius 3 is 2.85 bits per heavy atom. The lowest BCUT2D eigenvalue weighted by atomic mass is 10.2. The number of nitrogens with one attached hydrogen (secondary N) is 1. The highest BCUT2D eigenvalue weighted by Gasteiger charge is 2.21. The normalized spacial score (nSPS) is 16.8. The van der Waals surface area contributed by atoms with Crippen LogP contribution in [0.2, 0.25) is 0 Å². The Morgan fingerprint density at radius 2 is 2.10 bits per heavy atom. The van der Waals surface area contributed by atoms with Gasteiger partial charge in [0, 0.05) is 4.88 Å². The lowest BCUT2D eigenvalue weighted by molar-refractivity contribution is 0.0791. The number of aryl methyl sites for hydroxylation is 1. The van der Waals surface area contributed by atoms with Crippen LogP contribution < -0.4 is 14.8 Å². The van der Waals surface area contributed by atoms with Crippen molar-refractivity contribution in [2.45, 2.75) is 13.0 Å². The summed E-state index contributed by atoms with van der Waals surface area (Å²) in [6.07, 6.45) is -0.157. The van der Waals surface area contributed by atoms with Crippen molar-refractivity contribution < 1.29 is 14.3 Å². The SMILES string of the molecule is Cc1ccc(C(=O)NC[C@@H]2COc3ccccc3O2)s1. The third kappa shape index (κ3) is 2.77. The molecule has 1 N–H and O–H groups in total. The lowest BCUT2D eigenvalue weighted by Gasteiger charge is -2.26. The molecule has 2 aromatic rings. The lowest BCUT2D eigenvalue weighted by Crippen LogP contribution is -2.40. The zero-order valence-electron chi connectivity index (χ0n) is 11.1. The molecule has 0 saturated heterocycles. The molecule has 2 heterocycles. The van der Waals surface area contributed by atoms with Crippen LogP contribution in [-0.2, 0) is 0 Å². The second-order valence-electron chi connectivity index (χ2n) is 4.62. The molecule has 1 aliphatic heterocycles. The van der Waals surface area contributed by atoms with E-state index < -0.39 is 0 Å². The Labute approximate surface area is 121 Å². The van der Waals surface area contributed by atoms with Crippen molar-refractivity contribution in [2.24, 2.45) is 0 Å². The van der Waals surface area contributed by atoms with Crippen LogP contribution in [0.4, 0.5) is 0 Å². The molecule has 0 spiro atoms. The molecule has 0 radical (unpaired) electrons. The summed E-state index contributed by atoms with van der Waals surface area (Å²) in [5.74, 6) is 1.42. The van der Waals surface area contributed by atoms with Gasteiger partial charge >= 0.3 is 0 Å². The molecule has 0 fully saturated rings. The number of rotatable bonds is 3. The van der Waals surface area contributed by atoms with Gasteiger partial charge in [-0.2, -0.15) is 0 Å². The molecular formula is C15H15NO3S. The number of para-hydroxylation sites is 2. The standard InChI is InChI=1S/C15H15NO3S/c1-10-6-7-14(20-10)15(17)16-8-11-9-18-12-4-2-3-5-13(12)19-11/h2-7,11H,8-9H2,1H3,(H,16,17)/t11-/m1/s1. The van der Waals surface area contributed by atoms with Gasteiger partial charge in [-0.15, -0.1) is 11.3 Å². The molecule has 0 unspecified atom stereocenters. The van der Waals surface area contributed by atoms with Gasteiger partial charge in [-0.05, 0) is 31.2 Å². The topological polar surface area (TPSA) is 47.6 Å². The van der Waals surface area contributed by atoms with Crippen LogP contribution in [-0.4, -0.2) is 25.2 Å². The van der Waals surface area contributed by atoms with Crippen molar-refractivity contribution in [3.63, 3.8) is 0 Å². The number of hydrogen-bond acceptors (Lipinski definition) is 4. The molecule has 3 rings (SSSR count). The third-order valence-corrected chi connectivity index (χ3v) is 4.02. The Kier molecular flexibility index (Phi) is 3.60. The van der Waals surface area contributed by atoms with E-state index in [0.717, 1.165) is 21.3 Å². The van der Waals surface area contributed by atoms with Crippen LogP contribution in [0.1, 0.15) is 14.5 Å². The van der Waals surface area contributed by atoms with Crippen LogP contribution >= 0.6 is 11.3 Å². The van der Waals surface area contributed by atoms with Gasteiger partial charge in [-0.1, -0.05) is 12.1 Å². The van der Waals surface area contributed by atoms with Gasteiger partial charge in [0.25, 0.3) is 5.91 Å². The van der Waals surface area contributed by atoms with E-state index in [0.29, 0.717) is 13.2 Å². The van der Waals surface area contributed by atoms with Crippen LogP contribution in [0.15, 0.2) is 36.4 Å². The molecule has 20 heavy (non-hydrogen) atoms. The highest BCUT2D eigenvalue weighted by atomic mass is 32.1. The van der Waals surface area contributed by atoms with E-state index in [9.17, 15) is 4.79 Å². The Hall–Kier alpha value is -2.01. The minimum Gasteiger partial charge on any atom is -0.486 e.